The first-order chi connectivity index (χ1) is 8.47. The molecule has 0 aromatic heterocycles. The molecule has 0 spiro atoms. The van der Waals surface area contributed by atoms with Gasteiger partial charge in [-0.1, -0.05) is 6.42 Å². The Bertz CT molecular complexity index is 293. The van der Waals surface area contributed by atoms with Crippen molar-refractivity contribution in [1.82, 2.24) is 10.2 Å². The van der Waals surface area contributed by atoms with Gasteiger partial charge >= 0.3 is 0 Å². The van der Waals surface area contributed by atoms with Gasteiger partial charge in [-0.15, -0.1) is 0 Å². The Morgan fingerprint density at radius 1 is 1.17 bits per heavy atom. The first-order valence-electron chi connectivity index (χ1n) is 7.52. The van der Waals surface area contributed by atoms with Crippen molar-refractivity contribution in [3.63, 3.8) is 0 Å². The molecule has 0 aliphatic heterocycles. The summed E-state index contributed by atoms with van der Waals surface area (Å²) in [6.45, 7) is 9.18. The normalized spacial score (nSPS) is 30.7. The molecule has 2 aliphatic carbocycles. The Morgan fingerprint density at radius 2 is 1.83 bits per heavy atom. The number of hydrogen-bond acceptors (Lipinski definition) is 2. The second-order valence-corrected chi connectivity index (χ2v) is 6.71. The van der Waals surface area contributed by atoms with Crippen LogP contribution in [0.2, 0.25) is 0 Å². The quantitative estimate of drug-likeness (QED) is 0.815. The van der Waals surface area contributed by atoms with E-state index in [1.54, 1.807) is 0 Å². The molecule has 2 saturated carbocycles. The van der Waals surface area contributed by atoms with Gasteiger partial charge < -0.3 is 5.32 Å². The van der Waals surface area contributed by atoms with Crippen molar-refractivity contribution in [3.8, 4) is 0 Å². The standard InChI is InChI=1S/C15H28N2O/c1-10(2)17(11(3)4)9-15(18)16-14-8-12-5-6-13(14)7-12/h10-14H,5-9H2,1-4H3,(H,16,18). The van der Waals surface area contributed by atoms with E-state index >= 15 is 0 Å². The van der Waals surface area contributed by atoms with E-state index in [1.165, 1.54) is 25.7 Å². The van der Waals surface area contributed by atoms with Gasteiger partial charge in [-0.25, -0.2) is 0 Å². The number of hydrogen-bond donors (Lipinski definition) is 1. The van der Waals surface area contributed by atoms with Crippen LogP contribution in [0.15, 0.2) is 0 Å². The summed E-state index contributed by atoms with van der Waals surface area (Å²) >= 11 is 0. The third-order valence-electron chi connectivity index (χ3n) is 4.74. The van der Waals surface area contributed by atoms with Gasteiger partial charge in [-0.2, -0.15) is 0 Å². The van der Waals surface area contributed by atoms with E-state index in [1.807, 2.05) is 0 Å². The van der Waals surface area contributed by atoms with Gasteiger partial charge in [-0.3, -0.25) is 9.69 Å². The fourth-order valence-corrected chi connectivity index (χ4v) is 3.80. The molecule has 0 heterocycles. The highest BCUT2D eigenvalue weighted by molar-refractivity contribution is 5.78. The molecule has 2 fully saturated rings. The summed E-state index contributed by atoms with van der Waals surface area (Å²) in [6, 6.07) is 1.32. The number of nitrogens with one attached hydrogen (secondary N) is 1. The molecule has 2 rings (SSSR count). The zero-order chi connectivity index (χ0) is 13.3. The summed E-state index contributed by atoms with van der Waals surface area (Å²) in [7, 11) is 0. The Balaban J connectivity index is 1.81. The van der Waals surface area contributed by atoms with Gasteiger partial charge in [0.15, 0.2) is 0 Å². The van der Waals surface area contributed by atoms with Crippen molar-refractivity contribution >= 4 is 5.91 Å². The highest BCUT2D eigenvalue weighted by Gasteiger charge is 2.40. The van der Waals surface area contributed by atoms with Crippen LogP contribution in [0.5, 0.6) is 0 Å². The summed E-state index contributed by atoms with van der Waals surface area (Å²) in [4.78, 5) is 14.4. The third kappa shape index (κ3) is 3.05. The van der Waals surface area contributed by atoms with Crippen molar-refractivity contribution in [2.75, 3.05) is 6.54 Å². The molecule has 0 radical (unpaired) electrons. The molecule has 3 atom stereocenters. The molecule has 0 saturated heterocycles. The predicted molar refractivity (Wildman–Crippen MR) is 74.4 cm³/mol. The van der Waals surface area contributed by atoms with Crippen LogP contribution >= 0.6 is 0 Å². The highest BCUT2D eigenvalue weighted by atomic mass is 16.2. The van der Waals surface area contributed by atoms with E-state index in [-0.39, 0.29) is 5.91 Å². The Hall–Kier alpha value is -0.570. The maximum atomic E-state index is 12.1. The van der Waals surface area contributed by atoms with Crippen LogP contribution in [0, 0.1) is 11.8 Å². The van der Waals surface area contributed by atoms with Gasteiger partial charge in [0, 0.05) is 18.1 Å². The van der Waals surface area contributed by atoms with Crippen molar-refractivity contribution in [2.24, 2.45) is 11.8 Å². The van der Waals surface area contributed by atoms with Crippen molar-refractivity contribution in [1.29, 1.82) is 0 Å². The minimum absolute atomic E-state index is 0.218. The maximum Gasteiger partial charge on any atom is 0.234 e. The van der Waals surface area contributed by atoms with Crippen LogP contribution in [0.3, 0.4) is 0 Å². The molecule has 1 amide bonds. The maximum absolute atomic E-state index is 12.1. The molecule has 0 aromatic rings. The fourth-order valence-electron chi connectivity index (χ4n) is 3.80. The average molecular weight is 252 g/mol. The molecular weight excluding hydrogens is 224 g/mol. The molecule has 3 heteroatoms. The van der Waals surface area contributed by atoms with Gasteiger partial charge in [0.2, 0.25) is 5.91 Å². The van der Waals surface area contributed by atoms with Crippen molar-refractivity contribution < 1.29 is 4.79 Å². The number of rotatable bonds is 5. The topological polar surface area (TPSA) is 32.3 Å². The zero-order valence-electron chi connectivity index (χ0n) is 12.3. The lowest BCUT2D eigenvalue weighted by atomic mass is 9.95. The SMILES string of the molecule is CC(C)N(CC(=O)NC1CC2CCC1C2)C(C)C. The van der Waals surface area contributed by atoms with Crippen LogP contribution in [0.4, 0.5) is 0 Å². The van der Waals surface area contributed by atoms with Gasteiger partial charge in [0.25, 0.3) is 0 Å². The predicted octanol–water partition coefficient (Wildman–Crippen LogP) is 2.41. The lowest BCUT2D eigenvalue weighted by molar-refractivity contribution is -0.124. The van der Waals surface area contributed by atoms with Gasteiger partial charge in [0.05, 0.1) is 6.54 Å². The molecule has 18 heavy (non-hydrogen) atoms. The summed E-state index contributed by atoms with van der Waals surface area (Å²) in [5.41, 5.74) is 0. The molecule has 104 valence electrons. The van der Waals surface area contributed by atoms with E-state index in [0.29, 0.717) is 24.7 Å². The number of carbonyl (C=O) groups excluding carboxylic acids is 1. The number of carbonyl (C=O) groups is 1. The van der Waals surface area contributed by atoms with Crippen molar-refractivity contribution in [2.45, 2.75) is 71.5 Å². The van der Waals surface area contributed by atoms with Crippen LogP contribution in [0.25, 0.3) is 0 Å². The summed E-state index contributed by atoms with van der Waals surface area (Å²) < 4.78 is 0. The summed E-state index contributed by atoms with van der Waals surface area (Å²) in [6.07, 6.45) is 5.29. The lowest BCUT2D eigenvalue weighted by Gasteiger charge is -2.31. The molecular formula is C15H28N2O. The van der Waals surface area contributed by atoms with Crippen LogP contribution in [-0.2, 0) is 4.79 Å². The fraction of sp³-hybridized carbons (Fsp3) is 0.933. The minimum Gasteiger partial charge on any atom is -0.352 e. The average Bonchev–Trinajstić information content (AvgIpc) is 2.86. The molecule has 2 bridgehead atoms. The molecule has 3 unspecified atom stereocenters. The first kappa shape index (κ1) is 13.9. The Kier molecular flexibility index (Phi) is 4.31. The van der Waals surface area contributed by atoms with E-state index in [4.69, 9.17) is 0 Å². The van der Waals surface area contributed by atoms with E-state index < -0.39 is 0 Å². The minimum atomic E-state index is 0.218. The second kappa shape index (κ2) is 5.60. The summed E-state index contributed by atoms with van der Waals surface area (Å²) in [5.74, 6) is 1.88. The first-order valence-corrected chi connectivity index (χ1v) is 7.52. The number of nitrogens with zero attached hydrogens (tertiary/aromatic N) is 1. The molecule has 0 aromatic carbocycles. The van der Waals surface area contributed by atoms with Gasteiger partial charge in [-0.05, 0) is 58.8 Å². The number of amides is 1. The van der Waals surface area contributed by atoms with Crippen LogP contribution in [-0.4, -0.2) is 35.5 Å². The summed E-state index contributed by atoms with van der Waals surface area (Å²) in [5, 5.41) is 3.27. The smallest absolute Gasteiger partial charge is 0.234 e. The van der Waals surface area contributed by atoms with Crippen LogP contribution < -0.4 is 5.32 Å². The Labute approximate surface area is 111 Å². The molecule has 2 aliphatic rings. The van der Waals surface area contributed by atoms with Gasteiger partial charge in [0.1, 0.15) is 0 Å². The van der Waals surface area contributed by atoms with E-state index in [9.17, 15) is 4.79 Å². The van der Waals surface area contributed by atoms with Crippen LogP contribution in [0.1, 0.15) is 53.4 Å². The van der Waals surface area contributed by atoms with E-state index in [2.05, 4.69) is 37.9 Å². The molecule has 1 N–H and O–H groups in total. The third-order valence-corrected chi connectivity index (χ3v) is 4.74. The van der Waals surface area contributed by atoms with Crippen molar-refractivity contribution in [3.05, 3.63) is 0 Å². The monoisotopic (exact) mass is 252 g/mol. The largest absolute Gasteiger partial charge is 0.352 e. The number of fused-ring (bicyclic) bond motifs is 2. The van der Waals surface area contributed by atoms with E-state index in [0.717, 1.165) is 11.8 Å². The molecule has 3 nitrogen and oxygen atoms in total. The zero-order valence-corrected chi connectivity index (χ0v) is 12.3. The Morgan fingerprint density at radius 3 is 2.28 bits per heavy atom. The highest BCUT2D eigenvalue weighted by Crippen LogP contribution is 2.44. The lowest BCUT2D eigenvalue weighted by Crippen LogP contribution is -2.48. The second-order valence-electron chi connectivity index (χ2n) is 6.71.